The molecule has 0 amide bonds. The van der Waals surface area contributed by atoms with Crippen molar-refractivity contribution in [3.63, 3.8) is 0 Å². The van der Waals surface area contributed by atoms with E-state index in [1.165, 1.54) is 0 Å². The topological polar surface area (TPSA) is 33.4 Å². The lowest BCUT2D eigenvalue weighted by molar-refractivity contribution is 1.07. The van der Waals surface area contributed by atoms with Gasteiger partial charge in [0.15, 0.2) is 0 Å². The molecule has 1 aliphatic rings. The Morgan fingerprint density at radius 1 is 0.793 bits per heavy atom. The summed E-state index contributed by atoms with van der Waals surface area (Å²) in [5.74, 6) is 1.91. The molecule has 0 N–H and O–H groups in total. The van der Waals surface area contributed by atoms with E-state index in [-0.39, 0.29) is 0 Å². The molecule has 142 valence electrons. The largest absolute Gasteiger partial charge is 0.324 e. The molecule has 0 saturated heterocycles. The van der Waals surface area contributed by atoms with Gasteiger partial charge in [-0.3, -0.25) is 9.89 Å². The Hall–Kier alpha value is -3.31. The molecule has 0 atom stereocenters. The van der Waals surface area contributed by atoms with Gasteiger partial charge in [0.2, 0.25) is 0 Å². The summed E-state index contributed by atoms with van der Waals surface area (Å²) < 4.78 is 2.11. The highest BCUT2D eigenvalue weighted by atomic mass is 32.2. The number of rotatable bonds is 5. The summed E-state index contributed by atoms with van der Waals surface area (Å²) in [6.07, 6.45) is 4.11. The molecular formula is C24H20N4S. The number of nitrogens with zero attached hydrogens (tertiary/aromatic N) is 4. The van der Waals surface area contributed by atoms with E-state index in [4.69, 9.17) is 4.98 Å². The monoisotopic (exact) mass is 396 g/mol. The summed E-state index contributed by atoms with van der Waals surface area (Å²) in [4.78, 5) is 11.8. The van der Waals surface area contributed by atoms with Gasteiger partial charge in [0, 0.05) is 41.8 Å². The summed E-state index contributed by atoms with van der Waals surface area (Å²) in [6.45, 7) is 0.868. The predicted octanol–water partition coefficient (Wildman–Crippen LogP) is 5.84. The molecule has 0 spiro atoms. The van der Waals surface area contributed by atoms with Crippen LogP contribution in [0.15, 0.2) is 102 Å². The molecular weight excluding hydrogens is 376 g/mol. The normalized spacial score (nSPS) is 13.3. The summed E-state index contributed by atoms with van der Waals surface area (Å²) in [7, 11) is 0. The van der Waals surface area contributed by atoms with Crippen molar-refractivity contribution in [3.8, 4) is 5.69 Å². The summed E-state index contributed by atoms with van der Waals surface area (Å²) in [5.41, 5.74) is 4.18. The van der Waals surface area contributed by atoms with E-state index in [2.05, 4.69) is 87.5 Å². The van der Waals surface area contributed by atoms with E-state index in [0.717, 1.165) is 45.9 Å². The van der Waals surface area contributed by atoms with Crippen LogP contribution >= 0.6 is 11.8 Å². The van der Waals surface area contributed by atoms with Gasteiger partial charge in [-0.05, 0) is 54.6 Å². The number of hydrogen-bond donors (Lipinski definition) is 0. The van der Waals surface area contributed by atoms with Crippen LogP contribution in [0.25, 0.3) is 5.69 Å². The van der Waals surface area contributed by atoms with Gasteiger partial charge >= 0.3 is 0 Å². The first-order valence-corrected chi connectivity index (χ1v) is 10.6. The minimum atomic E-state index is 0.868. The van der Waals surface area contributed by atoms with Crippen LogP contribution in [0.2, 0.25) is 0 Å². The van der Waals surface area contributed by atoms with Crippen molar-refractivity contribution >= 4 is 34.0 Å². The zero-order valence-corrected chi connectivity index (χ0v) is 16.7. The number of hydrogen-bond acceptors (Lipinski definition) is 4. The average molecular weight is 397 g/mol. The summed E-state index contributed by atoms with van der Waals surface area (Å²) in [5, 5.41) is 1.03. The molecule has 0 unspecified atom stereocenters. The number of aliphatic imine (C=N–C) groups is 1. The molecule has 0 fully saturated rings. The third-order valence-electron chi connectivity index (χ3n) is 4.77. The minimum Gasteiger partial charge on any atom is -0.324 e. The first kappa shape index (κ1) is 17.8. The lowest BCUT2D eigenvalue weighted by Crippen LogP contribution is -2.13. The van der Waals surface area contributed by atoms with Gasteiger partial charge in [0.1, 0.15) is 10.9 Å². The van der Waals surface area contributed by atoms with Crippen LogP contribution in [0.5, 0.6) is 0 Å². The van der Waals surface area contributed by atoms with Crippen LogP contribution in [0.3, 0.4) is 0 Å². The second-order valence-corrected chi connectivity index (χ2v) is 7.78. The van der Waals surface area contributed by atoms with E-state index < -0.39 is 0 Å². The molecule has 4 nitrogen and oxygen atoms in total. The highest BCUT2D eigenvalue weighted by molar-refractivity contribution is 8.14. The Labute approximate surface area is 174 Å². The van der Waals surface area contributed by atoms with E-state index in [1.54, 1.807) is 11.8 Å². The standard InChI is InChI=1S/C24H20N4S/c1-2-8-19(9-3-1)28(21-11-6-10-20(18-21)27-15-4-5-16-27)23-13-7-12-22(26-23)24-25-14-17-29-24/h1-13,15-16,18H,14,17H2. The smallest absolute Gasteiger partial charge is 0.138 e. The second-order valence-electron chi connectivity index (χ2n) is 6.70. The van der Waals surface area contributed by atoms with E-state index in [9.17, 15) is 0 Å². The highest BCUT2D eigenvalue weighted by Gasteiger charge is 2.17. The molecule has 0 aliphatic carbocycles. The maximum atomic E-state index is 4.97. The molecule has 1 aliphatic heterocycles. The molecule has 0 saturated carbocycles. The zero-order chi connectivity index (χ0) is 19.5. The Morgan fingerprint density at radius 2 is 1.59 bits per heavy atom. The van der Waals surface area contributed by atoms with Gasteiger partial charge in [-0.1, -0.05) is 30.3 Å². The fraction of sp³-hybridized carbons (Fsp3) is 0.0833. The molecule has 0 bridgehead atoms. The molecule has 4 aromatic rings. The van der Waals surface area contributed by atoms with Gasteiger partial charge in [-0.2, -0.15) is 0 Å². The zero-order valence-electron chi connectivity index (χ0n) is 15.8. The Kier molecular flexibility index (Phi) is 4.88. The van der Waals surface area contributed by atoms with Crippen molar-refractivity contribution in [2.75, 3.05) is 17.2 Å². The molecule has 29 heavy (non-hydrogen) atoms. The van der Waals surface area contributed by atoms with Crippen LogP contribution in [0.4, 0.5) is 17.2 Å². The third-order valence-corrected chi connectivity index (χ3v) is 5.77. The Bertz CT molecular complexity index is 1140. The van der Waals surface area contributed by atoms with Crippen molar-refractivity contribution in [3.05, 3.63) is 103 Å². The number of para-hydroxylation sites is 1. The van der Waals surface area contributed by atoms with Crippen LogP contribution < -0.4 is 4.90 Å². The fourth-order valence-corrected chi connectivity index (χ4v) is 4.27. The van der Waals surface area contributed by atoms with Crippen molar-refractivity contribution in [1.82, 2.24) is 9.55 Å². The lowest BCUT2D eigenvalue weighted by atomic mass is 10.2. The number of benzene rings is 2. The van der Waals surface area contributed by atoms with Crippen molar-refractivity contribution < 1.29 is 0 Å². The maximum absolute atomic E-state index is 4.97. The number of anilines is 3. The molecule has 3 heterocycles. The van der Waals surface area contributed by atoms with Crippen LogP contribution in [-0.2, 0) is 0 Å². The molecule has 2 aromatic carbocycles. The molecule has 2 aromatic heterocycles. The Balaban J connectivity index is 1.62. The SMILES string of the molecule is c1ccc(N(c2cccc(-n3cccc3)c2)c2cccc(C3=NCCS3)n2)cc1. The minimum absolute atomic E-state index is 0.868. The summed E-state index contributed by atoms with van der Waals surface area (Å²) >= 11 is 1.77. The maximum Gasteiger partial charge on any atom is 0.138 e. The van der Waals surface area contributed by atoms with E-state index >= 15 is 0 Å². The first-order valence-electron chi connectivity index (χ1n) is 9.62. The third kappa shape index (κ3) is 3.69. The first-order chi connectivity index (χ1) is 14.4. The van der Waals surface area contributed by atoms with Crippen molar-refractivity contribution in [1.29, 1.82) is 0 Å². The molecule has 0 radical (unpaired) electrons. The Morgan fingerprint density at radius 3 is 2.38 bits per heavy atom. The number of thioether (sulfide) groups is 1. The predicted molar refractivity (Wildman–Crippen MR) is 122 cm³/mol. The van der Waals surface area contributed by atoms with E-state index in [0.29, 0.717) is 0 Å². The van der Waals surface area contributed by atoms with Gasteiger partial charge in [-0.15, -0.1) is 11.8 Å². The lowest BCUT2D eigenvalue weighted by Gasteiger charge is -2.25. The van der Waals surface area contributed by atoms with E-state index in [1.807, 2.05) is 24.3 Å². The van der Waals surface area contributed by atoms with Gasteiger partial charge < -0.3 is 4.57 Å². The van der Waals surface area contributed by atoms with Crippen LogP contribution in [0, 0.1) is 0 Å². The van der Waals surface area contributed by atoms with Gasteiger partial charge in [-0.25, -0.2) is 4.98 Å². The number of aromatic nitrogens is 2. The second kappa shape index (κ2) is 7.97. The number of pyridine rings is 1. The van der Waals surface area contributed by atoms with Gasteiger partial charge in [0.05, 0.1) is 5.69 Å². The van der Waals surface area contributed by atoms with Crippen LogP contribution in [-0.4, -0.2) is 26.9 Å². The summed E-state index contributed by atoms with van der Waals surface area (Å²) in [6, 6.07) is 29.1. The van der Waals surface area contributed by atoms with Crippen LogP contribution in [0.1, 0.15) is 5.69 Å². The molecule has 5 rings (SSSR count). The quantitative estimate of drug-likeness (QED) is 0.425. The highest BCUT2D eigenvalue weighted by Crippen LogP contribution is 2.34. The fourth-order valence-electron chi connectivity index (χ4n) is 3.45. The van der Waals surface area contributed by atoms with Gasteiger partial charge in [0.25, 0.3) is 0 Å². The molecule has 5 heteroatoms. The van der Waals surface area contributed by atoms with Crippen molar-refractivity contribution in [2.45, 2.75) is 0 Å². The van der Waals surface area contributed by atoms with Crippen molar-refractivity contribution in [2.24, 2.45) is 4.99 Å². The average Bonchev–Trinajstić information content (AvgIpc) is 3.50.